The van der Waals surface area contributed by atoms with Crippen LogP contribution in [0, 0.1) is 5.92 Å². The first-order valence-corrected chi connectivity index (χ1v) is 4.46. The van der Waals surface area contributed by atoms with Crippen LogP contribution in [-0.4, -0.2) is 30.2 Å². The van der Waals surface area contributed by atoms with Crippen molar-refractivity contribution in [2.24, 2.45) is 5.92 Å². The van der Waals surface area contributed by atoms with E-state index >= 15 is 0 Å². The van der Waals surface area contributed by atoms with Crippen LogP contribution in [-0.2, 0) is 9.47 Å². The molecule has 0 aromatic carbocycles. The highest BCUT2D eigenvalue weighted by molar-refractivity contribution is 4.72. The van der Waals surface area contributed by atoms with Crippen LogP contribution in [0.1, 0.15) is 27.2 Å². The zero-order valence-electron chi connectivity index (χ0n) is 8.04. The monoisotopic (exact) mass is 174 g/mol. The smallest absolute Gasteiger partial charge is 0.163 e. The second-order valence-corrected chi connectivity index (χ2v) is 3.97. The van der Waals surface area contributed by atoms with Gasteiger partial charge in [0.05, 0.1) is 12.7 Å². The molecule has 0 radical (unpaired) electrons. The van der Waals surface area contributed by atoms with E-state index in [0.717, 1.165) is 6.42 Å². The lowest BCUT2D eigenvalue weighted by Gasteiger charge is -2.18. The Kier molecular flexibility index (Phi) is 3.09. The van der Waals surface area contributed by atoms with Crippen LogP contribution in [0.5, 0.6) is 0 Å². The fourth-order valence-electron chi connectivity index (χ4n) is 1.40. The van der Waals surface area contributed by atoms with Crippen molar-refractivity contribution in [3.63, 3.8) is 0 Å². The standard InChI is InChI=1S/C9H18O3/c1-7(5-10)4-8-6-11-9(2,3)12-8/h7-8,10H,4-6H2,1-3H3/t7-,8-/m1/s1. The molecule has 3 heteroatoms. The minimum atomic E-state index is -0.431. The molecule has 1 saturated heterocycles. The minimum Gasteiger partial charge on any atom is -0.396 e. The Hall–Kier alpha value is -0.120. The first-order valence-electron chi connectivity index (χ1n) is 4.46. The van der Waals surface area contributed by atoms with Crippen LogP contribution >= 0.6 is 0 Å². The predicted molar refractivity (Wildman–Crippen MR) is 45.8 cm³/mol. The number of ether oxygens (including phenoxy) is 2. The summed E-state index contributed by atoms with van der Waals surface area (Å²) in [5.74, 6) is -0.132. The van der Waals surface area contributed by atoms with Gasteiger partial charge < -0.3 is 14.6 Å². The topological polar surface area (TPSA) is 38.7 Å². The summed E-state index contributed by atoms with van der Waals surface area (Å²) in [6, 6.07) is 0. The van der Waals surface area contributed by atoms with Gasteiger partial charge in [0.1, 0.15) is 0 Å². The normalized spacial score (nSPS) is 30.5. The SMILES string of the molecule is C[C@@H](CO)C[C@@H]1COC(C)(C)O1. The van der Waals surface area contributed by atoms with E-state index in [2.05, 4.69) is 0 Å². The Morgan fingerprint density at radius 2 is 2.25 bits per heavy atom. The second-order valence-electron chi connectivity index (χ2n) is 3.97. The minimum absolute atomic E-state index is 0.155. The number of hydrogen-bond acceptors (Lipinski definition) is 3. The van der Waals surface area contributed by atoms with Crippen molar-refractivity contribution in [1.29, 1.82) is 0 Å². The summed E-state index contributed by atoms with van der Waals surface area (Å²) in [6.45, 7) is 6.71. The molecule has 0 bridgehead atoms. The summed E-state index contributed by atoms with van der Waals surface area (Å²) in [7, 11) is 0. The summed E-state index contributed by atoms with van der Waals surface area (Å²) in [4.78, 5) is 0. The van der Waals surface area contributed by atoms with Crippen molar-refractivity contribution in [2.75, 3.05) is 13.2 Å². The molecule has 1 fully saturated rings. The number of aliphatic hydroxyl groups is 1. The van der Waals surface area contributed by atoms with Gasteiger partial charge in [0.2, 0.25) is 0 Å². The van der Waals surface area contributed by atoms with Gasteiger partial charge in [0.15, 0.2) is 5.79 Å². The Morgan fingerprint density at radius 3 is 2.67 bits per heavy atom. The third-order valence-electron chi connectivity index (χ3n) is 2.04. The number of rotatable bonds is 3. The van der Waals surface area contributed by atoms with E-state index in [-0.39, 0.29) is 12.7 Å². The maximum absolute atomic E-state index is 8.83. The lowest BCUT2D eigenvalue weighted by Crippen LogP contribution is -2.22. The molecule has 72 valence electrons. The van der Waals surface area contributed by atoms with Crippen molar-refractivity contribution >= 4 is 0 Å². The lowest BCUT2D eigenvalue weighted by atomic mass is 10.1. The van der Waals surface area contributed by atoms with Gasteiger partial charge in [0, 0.05) is 6.61 Å². The summed E-state index contributed by atoms with van der Waals surface area (Å²) in [6.07, 6.45) is 1.03. The van der Waals surface area contributed by atoms with Gasteiger partial charge >= 0.3 is 0 Å². The van der Waals surface area contributed by atoms with E-state index < -0.39 is 5.79 Å². The van der Waals surface area contributed by atoms with Gasteiger partial charge in [-0.05, 0) is 26.2 Å². The molecule has 1 N–H and O–H groups in total. The fourth-order valence-corrected chi connectivity index (χ4v) is 1.40. The average molecular weight is 174 g/mol. The molecular formula is C9H18O3. The summed E-state index contributed by atoms with van der Waals surface area (Å²) in [5.41, 5.74) is 0. The van der Waals surface area contributed by atoms with Crippen LogP contribution in [0.25, 0.3) is 0 Å². The van der Waals surface area contributed by atoms with Crippen molar-refractivity contribution < 1.29 is 14.6 Å². The van der Waals surface area contributed by atoms with E-state index in [4.69, 9.17) is 14.6 Å². The van der Waals surface area contributed by atoms with Crippen LogP contribution < -0.4 is 0 Å². The van der Waals surface area contributed by atoms with E-state index in [1.54, 1.807) is 0 Å². The molecule has 0 saturated carbocycles. The average Bonchev–Trinajstić information content (AvgIpc) is 2.30. The summed E-state index contributed by atoms with van der Waals surface area (Å²) in [5, 5.41) is 8.83. The summed E-state index contributed by atoms with van der Waals surface area (Å²) >= 11 is 0. The fraction of sp³-hybridized carbons (Fsp3) is 1.00. The Labute approximate surface area is 73.7 Å². The van der Waals surface area contributed by atoms with Crippen molar-refractivity contribution in [1.82, 2.24) is 0 Å². The third kappa shape index (κ3) is 2.73. The molecular weight excluding hydrogens is 156 g/mol. The molecule has 1 aliphatic heterocycles. The quantitative estimate of drug-likeness (QED) is 0.697. The molecule has 0 aromatic heterocycles. The maximum atomic E-state index is 8.83. The van der Waals surface area contributed by atoms with E-state index in [0.29, 0.717) is 12.5 Å². The molecule has 12 heavy (non-hydrogen) atoms. The third-order valence-corrected chi connectivity index (χ3v) is 2.04. The van der Waals surface area contributed by atoms with Crippen LogP contribution in [0.15, 0.2) is 0 Å². The van der Waals surface area contributed by atoms with Gasteiger partial charge in [0.25, 0.3) is 0 Å². The highest BCUT2D eigenvalue weighted by atomic mass is 16.7. The molecule has 0 aromatic rings. The Balaban J connectivity index is 2.28. The lowest BCUT2D eigenvalue weighted by molar-refractivity contribution is -0.140. The van der Waals surface area contributed by atoms with Crippen LogP contribution in [0.2, 0.25) is 0 Å². The molecule has 3 nitrogen and oxygen atoms in total. The molecule has 1 aliphatic rings. The summed E-state index contributed by atoms with van der Waals surface area (Å²) < 4.78 is 11.0. The number of aliphatic hydroxyl groups excluding tert-OH is 1. The number of hydrogen-bond donors (Lipinski definition) is 1. The first kappa shape index (κ1) is 9.96. The maximum Gasteiger partial charge on any atom is 0.163 e. The first-order chi connectivity index (χ1) is 5.53. The van der Waals surface area contributed by atoms with Gasteiger partial charge in [-0.1, -0.05) is 6.92 Å². The molecule has 0 unspecified atom stereocenters. The Morgan fingerprint density at radius 1 is 1.58 bits per heavy atom. The van der Waals surface area contributed by atoms with E-state index in [1.165, 1.54) is 0 Å². The van der Waals surface area contributed by atoms with Gasteiger partial charge in [-0.25, -0.2) is 0 Å². The predicted octanol–water partition coefficient (Wildman–Crippen LogP) is 1.16. The second kappa shape index (κ2) is 3.73. The van der Waals surface area contributed by atoms with E-state index in [9.17, 15) is 0 Å². The molecule has 1 heterocycles. The molecule has 2 atom stereocenters. The zero-order chi connectivity index (χ0) is 9.19. The molecule has 0 spiro atoms. The van der Waals surface area contributed by atoms with Crippen molar-refractivity contribution in [3.8, 4) is 0 Å². The molecule has 0 aliphatic carbocycles. The van der Waals surface area contributed by atoms with Crippen molar-refractivity contribution in [2.45, 2.75) is 39.1 Å². The Bertz CT molecular complexity index is 145. The van der Waals surface area contributed by atoms with Crippen LogP contribution in [0.3, 0.4) is 0 Å². The van der Waals surface area contributed by atoms with Gasteiger partial charge in [-0.2, -0.15) is 0 Å². The highest BCUT2D eigenvalue weighted by Gasteiger charge is 2.32. The van der Waals surface area contributed by atoms with Gasteiger partial charge in [-0.3, -0.25) is 0 Å². The molecule has 0 amide bonds. The van der Waals surface area contributed by atoms with Crippen LogP contribution in [0.4, 0.5) is 0 Å². The van der Waals surface area contributed by atoms with Gasteiger partial charge in [-0.15, -0.1) is 0 Å². The largest absolute Gasteiger partial charge is 0.396 e. The van der Waals surface area contributed by atoms with E-state index in [1.807, 2.05) is 20.8 Å². The highest BCUT2D eigenvalue weighted by Crippen LogP contribution is 2.25. The zero-order valence-corrected chi connectivity index (χ0v) is 8.04. The molecule has 1 rings (SSSR count). The van der Waals surface area contributed by atoms with Crippen molar-refractivity contribution in [3.05, 3.63) is 0 Å².